The summed E-state index contributed by atoms with van der Waals surface area (Å²) in [4.78, 5) is 21.3. The van der Waals surface area contributed by atoms with Crippen molar-refractivity contribution < 1.29 is 24.9 Å². The van der Waals surface area contributed by atoms with E-state index in [9.17, 15) is 14.7 Å². The lowest BCUT2D eigenvalue weighted by atomic mass is 9.87. The van der Waals surface area contributed by atoms with Crippen LogP contribution >= 0.6 is 0 Å². The molecule has 0 aliphatic rings. The number of rotatable bonds is 5. The molecule has 0 aromatic rings. The molecule has 1 amide bonds. The van der Waals surface area contributed by atoms with Crippen molar-refractivity contribution in [2.24, 2.45) is 5.41 Å². The third kappa shape index (κ3) is 4.57. The number of amides is 1. The molecule has 0 radical (unpaired) electrons. The predicted octanol–water partition coefficient (Wildman–Crippen LogP) is -0.920. The van der Waals surface area contributed by atoms with E-state index in [4.69, 9.17) is 10.2 Å². The third-order valence-electron chi connectivity index (χ3n) is 1.85. The molecule has 0 saturated heterocycles. The Hall–Kier alpha value is -1.40. The Morgan fingerprint density at radius 2 is 2.00 bits per heavy atom. The molecule has 0 spiro atoms. The highest BCUT2D eigenvalue weighted by Gasteiger charge is 2.32. The molecule has 0 heterocycles. The van der Waals surface area contributed by atoms with Crippen LogP contribution in [-0.4, -0.2) is 39.9 Å². The van der Waals surface area contributed by atoms with Gasteiger partial charge in [-0.05, 0) is 0 Å². The Morgan fingerprint density at radius 3 is 2.40 bits per heavy atom. The number of carbonyl (C=O) groups is 2. The molecule has 0 aliphatic heterocycles. The Morgan fingerprint density at radius 1 is 1.47 bits per heavy atom. The van der Waals surface area contributed by atoms with Crippen LogP contribution in [0.25, 0.3) is 0 Å². The van der Waals surface area contributed by atoms with Gasteiger partial charge in [0.05, 0.1) is 6.61 Å². The van der Waals surface area contributed by atoms with Gasteiger partial charge in [-0.3, -0.25) is 4.79 Å². The minimum absolute atomic E-state index is 0.357. The van der Waals surface area contributed by atoms with Gasteiger partial charge in [0, 0.05) is 17.7 Å². The molecule has 0 fully saturated rings. The first-order valence-corrected chi connectivity index (χ1v) is 4.30. The molecule has 1 atom stereocenters. The van der Waals surface area contributed by atoms with Gasteiger partial charge in [-0.15, -0.1) is 0 Å². The summed E-state index contributed by atoms with van der Waals surface area (Å²) < 4.78 is 0. The molecular formula is C9H15NO5. The second-order valence-electron chi connectivity index (χ2n) is 3.73. The smallest absolute Gasteiger partial charge is 0.329 e. The van der Waals surface area contributed by atoms with Gasteiger partial charge in [0.1, 0.15) is 6.10 Å². The minimum Gasteiger partial charge on any atom is -0.478 e. The SMILES string of the molecule is CC(C)(CO)C(O)C(=O)NC=CC(=O)O. The molecule has 0 rings (SSSR count). The van der Waals surface area contributed by atoms with Crippen LogP contribution in [0.15, 0.2) is 12.3 Å². The van der Waals surface area contributed by atoms with Crippen molar-refractivity contribution in [1.82, 2.24) is 5.32 Å². The topological polar surface area (TPSA) is 107 Å². The zero-order valence-corrected chi connectivity index (χ0v) is 8.60. The Balaban J connectivity index is 4.28. The molecule has 0 bridgehead atoms. The Kier molecular flexibility index (Phi) is 4.96. The summed E-state index contributed by atoms with van der Waals surface area (Å²) in [7, 11) is 0. The average Bonchev–Trinajstić information content (AvgIpc) is 2.15. The molecule has 6 heteroatoms. The lowest BCUT2D eigenvalue weighted by Gasteiger charge is -2.26. The fourth-order valence-corrected chi connectivity index (χ4v) is 0.715. The van der Waals surface area contributed by atoms with Gasteiger partial charge in [-0.1, -0.05) is 13.8 Å². The van der Waals surface area contributed by atoms with Crippen LogP contribution in [0.2, 0.25) is 0 Å². The monoisotopic (exact) mass is 217 g/mol. The minimum atomic E-state index is -1.40. The number of carbonyl (C=O) groups excluding carboxylic acids is 1. The number of carboxylic acid groups (broad SMARTS) is 1. The van der Waals surface area contributed by atoms with Crippen LogP contribution in [0.4, 0.5) is 0 Å². The van der Waals surface area contributed by atoms with E-state index >= 15 is 0 Å². The van der Waals surface area contributed by atoms with Crippen molar-refractivity contribution in [2.45, 2.75) is 20.0 Å². The predicted molar refractivity (Wildman–Crippen MR) is 51.8 cm³/mol. The van der Waals surface area contributed by atoms with Gasteiger partial charge >= 0.3 is 5.97 Å². The van der Waals surface area contributed by atoms with Crippen molar-refractivity contribution in [3.05, 3.63) is 12.3 Å². The molecule has 0 aliphatic carbocycles. The summed E-state index contributed by atoms with van der Waals surface area (Å²) in [5.41, 5.74) is -0.971. The summed E-state index contributed by atoms with van der Waals surface area (Å²) in [6.45, 7) is 2.67. The Labute approximate surface area is 87.2 Å². The van der Waals surface area contributed by atoms with Crippen molar-refractivity contribution in [3.8, 4) is 0 Å². The third-order valence-corrected chi connectivity index (χ3v) is 1.85. The molecule has 0 aromatic carbocycles. The second-order valence-corrected chi connectivity index (χ2v) is 3.73. The summed E-state index contributed by atoms with van der Waals surface area (Å²) in [5, 5.41) is 28.7. The van der Waals surface area contributed by atoms with Crippen LogP contribution < -0.4 is 5.32 Å². The second kappa shape index (κ2) is 5.47. The maximum atomic E-state index is 11.2. The summed E-state index contributed by atoms with van der Waals surface area (Å²) in [6, 6.07) is 0. The lowest BCUT2D eigenvalue weighted by Crippen LogP contribution is -2.44. The molecule has 1 unspecified atom stereocenters. The molecule has 6 nitrogen and oxygen atoms in total. The first-order valence-electron chi connectivity index (χ1n) is 4.30. The van der Waals surface area contributed by atoms with E-state index < -0.39 is 23.4 Å². The molecule has 0 aromatic heterocycles. The zero-order chi connectivity index (χ0) is 12.1. The number of carboxylic acids is 1. The van der Waals surface area contributed by atoms with Crippen LogP contribution in [0.3, 0.4) is 0 Å². The van der Waals surface area contributed by atoms with Crippen molar-refractivity contribution >= 4 is 11.9 Å². The highest BCUT2D eigenvalue weighted by molar-refractivity contribution is 5.84. The number of hydrogen-bond donors (Lipinski definition) is 4. The zero-order valence-electron chi connectivity index (χ0n) is 8.60. The highest BCUT2D eigenvalue weighted by atomic mass is 16.4. The van der Waals surface area contributed by atoms with Crippen LogP contribution in [0.1, 0.15) is 13.8 Å². The van der Waals surface area contributed by atoms with E-state index in [2.05, 4.69) is 5.32 Å². The summed E-state index contributed by atoms with van der Waals surface area (Å²) in [5.74, 6) is -1.96. The summed E-state index contributed by atoms with van der Waals surface area (Å²) >= 11 is 0. The van der Waals surface area contributed by atoms with Gasteiger partial charge in [0.25, 0.3) is 5.91 Å². The molecular weight excluding hydrogens is 202 g/mol. The first-order chi connectivity index (χ1) is 6.81. The van der Waals surface area contributed by atoms with Crippen molar-refractivity contribution in [3.63, 3.8) is 0 Å². The quantitative estimate of drug-likeness (QED) is 0.445. The van der Waals surface area contributed by atoms with E-state index in [1.807, 2.05) is 0 Å². The van der Waals surface area contributed by atoms with Crippen molar-refractivity contribution in [2.75, 3.05) is 6.61 Å². The maximum absolute atomic E-state index is 11.2. The maximum Gasteiger partial charge on any atom is 0.329 e. The molecule has 15 heavy (non-hydrogen) atoms. The van der Waals surface area contributed by atoms with Gasteiger partial charge < -0.3 is 20.6 Å². The Bertz CT molecular complexity index is 272. The van der Waals surface area contributed by atoms with E-state index in [-0.39, 0.29) is 6.61 Å². The molecule has 4 N–H and O–H groups in total. The van der Waals surface area contributed by atoms with Crippen molar-refractivity contribution in [1.29, 1.82) is 0 Å². The van der Waals surface area contributed by atoms with E-state index in [1.165, 1.54) is 13.8 Å². The standard InChI is InChI=1S/C9H15NO5/c1-9(2,5-11)7(14)8(15)10-4-3-6(12)13/h3-4,7,11,14H,5H2,1-2H3,(H,10,15)(H,12,13). The number of nitrogens with one attached hydrogen (secondary N) is 1. The fourth-order valence-electron chi connectivity index (χ4n) is 0.715. The fraction of sp³-hybridized carbons (Fsp3) is 0.556. The molecule has 86 valence electrons. The normalized spacial score (nSPS) is 13.9. The van der Waals surface area contributed by atoms with E-state index in [0.717, 1.165) is 12.3 Å². The number of aliphatic carboxylic acids is 1. The first kappa shape index (κ1) is 13.6. The highest BCUT2D eigenvalue weighted by Crippen LogP contribution is 2.19. The number of hydrogen-bond acceptors (Lipinski definition) is 4. The average molecular weight is 217 g/mol. The van der Waals surface area contributed by atoms with Crippen LogP contribution in [0.5, 0.6) is 0 Å². The molecule has 0 saturated carbocycles. The summed E-state index contributed by atoms with van der Waals surface area (Å²) in [6.07, 6.45) is 0.249. The van der Waals surface area contributed by atoms with Crippen LogP contribution in [0, 0.1) is 5.41 Å². The van der Waals surface area contributed by atoms with Crippen LogP contribution in [-0.2, 0) is 9.59 Å². The van der Waals surface area contributed by atoms with Gasteiger partial charge in [-0.25, -0.2) is 4.79 Å². The largest absolute Gasteiger partial charge is 0.478 e. The number of aliphatic hydroxyl groups excluding tert-OH is 2. The number of aliphatic hydroxyl groups is 2. The van der Waals surface area contributed by atoms with E-state index in [0.29, 0.717) is 0 Å². The van der Waals surface area contributed by atoms with Gasteiger partial charge in [-0.2, -0.15) is 0 Å². The van der Waals surface area contributed by atoms with E-state index in [1.54, 1.807) is 0 Å². The lowest BCUT2D eigenvalue weighted by molar-refractivity contribution is -0.136. The van der Waals surface area contributed by atoms with Gasteiger partial charge in [0.2, 0.25) is 0 Å². The van der Waals surface area contributed by atoms with Gasteiger partial charge in [0.15, 0.2) is 0 Å².